The lowest BCUT2D eigenvalue weighted by Gasteiger charge is -2.11. The predicted octanol–water partition coefficient (Wildman–Crippen LogP) is 2.61. The number of halogens is 3. The molecule has 0 unspecified atom stereocenters. The summed E-state index contributed by atoms with van der Waals surface area (Å²) in [6.45, 7) is 1.88. The maximum absolute atomic E-state index is 11.6. The molecular weight excluding hydrogens is 332 g/mol. The highest BCUT2D eigenvalue weighted by atomic mass is 35.6. The number of carbonyl (C=O) groups is 3. The Hall–Kier alpha value is -0.980. The molecule has 9 heteroatoms. The van der Waals surface area contributed by atoms with Crippen molar-refractivity contribution in [2.75, 3.05) is 6.61 Å². The van der Waals surface area contributed by atoms with Crippen molar-refractivity contribution in [1.82, 2.24) is 5.32 Å². The molecular formula is C11H12Cl3NO5. The summed E-state index contributed by atoms with van der Waals surface area (Å²) in [5.41, 5.74) is 0.281. The van der Waals surface area contributed by atoms with Crippen molar-refractivity contribution in [2.24, 2.45) is 0 Å². The number of carbonyl (C=O) groups excluding carboxylic acids is 3. The fourth-order valence-electron chi connectivity index (χ4n) is 1.56. The number of amides is 2. The van der Waals surface area contributed by atoms with Gasteiger partial charge in [0.1, 0.15) is 5.76 Å². The average molecular weight is 345 g/mol. The minimum Gasteiger partial charge on any atom is -0.463 e. The van der Waals surface area contributed by atoms with Gasteiger partial charge in [0, 0.05) is 6.42 Å². The monoisotopic (exact) mass is 343 g/mol. The molecule has 0 aromatic rings. The van der Waals surface area contributed by atoms with Gasteiger partial charge < -0.3 is 9.47 Å². The molecule has 0 atom stereocenters. The van der Waals surface area contributed by atoms with Crippen LogP contribution in [0.1, 0.15) is 26.2 Å². The molecule has 20 heavy (non-hydrogen) atoms. The van der Waals surface area contributed by atoms with Crippen LogP contribution in [0.5, 0.6) is 0 Å². The van der Waals surface area contributed by atoms with Crippen LogP contribution in [-0.2, 0) is 19.1 Å². The number of alkyl halides is 3. The summed E-state index contributed by atoms with van der Waals surface area (Å²) >= 11 is 15.9. The Morgan fingerprint density at radius 3 is 2.45 bits per heavy atom. The van der Waals surface area contributed by atoms with Crippen molar-refractivity contribution in [3.05, 3.63) is 11.3 Å². The van der Waals surface area contributed by atoms with Crippen LogP contribution in [0.15, 0.2) is 11.3 Å². The number of imide groups is 1. The molecule has 0 saturated carbocycles. The van der Waals surface area contributed by atoms with Gasteiger partial charge in [-0.15, -0.1) is 0 Å². The Bertz CT molecular complexity index is 455. The molecule has 0 heterocycles. The van der Waals surface area contributed by atoms with E-state index in [0.29, 0.717) is 19.3 Å². The van der Waals surface area contributed by atoms with Gasteiger partial charge in [0.05, 0.1) is 12.2 Å². The number of alkyl carbamates (subject to hydrolysis) is 1. The van der Waals surface area contributed by atoms with Gasteiger partial charge in [-0.25, -0.2) is 9.59 Å². The van der Waals surface area contributed by atoms with E-state index in [1.807, 2.05) is 0 Å². The Morgan fingerprint density at radius 2 is 1.90 bits per heavy atom. The van der Waals surface area contributed by atoms with Crippen LogP contribution in [0, 0.1) is 0 Å². The summed E-state index contributed by atoms with van der Waals surface area (Å²) < 4.78 is 7.45. The van der Waals surface area contributed by atoms with Crippen LogP contribution in [0.4, 0.5) is 4.79 Å². The zero-order valence-corrected chi connectivity index (χ0v) is 12.8. The number of ether oxygens (including phenoxy) is 2. The van der Waals surface area contributed by atoms with Crippen LogP contribution in [0.2, 0.25) is 0 Å². The van der Waals surface area contributed by atoms with Crippen molar-refractivity contribution in [1.29, 1.82) is 0 Å². The summed E-state index contributed by atoms with van der Waals surface area (Å²) in [7, 11) is 0. The van der Waals surface area contributed by atoms with E-state index >= 15 is 0 Å². The molecule has 0 bridgehead atoms. The van der Waals surface area contributed by atoms with Gasteiger partial charge in [0.2, 0.25) is 0 Å². The SMILES string of the molecule is CCOC(=O)C1=C(OC(=O)NC(=O)C(Cl)(Cl)Cl)CCC1. The fraction of sp³-hybridized carbons (Fsp3) is 0.545. The van der Waals surface area contributed by atoms with E-state index in [0.717, 1.165) is 0 Å². The van der Waals surface area contributed by atoms with Gasteiger partial charge in [0.25, 0.3) is 9.70 Å². The van der Waals surface area contributed by atoms with Gasteiger partial charge in [-0.05, 0) is 19.8 Å². The maximum Gasteiger partial charge on any atom is 0.419 e. The largest absolute Gasteiger partial charge is 0.463 e. The first-order valence-electron chi connectivity index (χ1n) is 5.74. The van der Waals surface area contributed by atoms with Crippen molar-refractivity contribution in [3.63, 3.8) is 0 Å². The Labute approximate surface area is 130 Å². The second-order valence-electron chi connectivity index (χ2n) is 3.82. The lowest BCUT2D eigenvalue weighted by molar-refractivity contribution is -0.138. The predicted molar refractivity (Wildman–Crippen MR) is 72.4 cm³/mol. The minimum atomic E-state index is -2.27. The Morgan fingerprint density at radius 1 is 1.25 bits per heavy atom. The number of hydrogen-bond donors (Lipinski definition) is 1. The van der Waals surface area contributed by atoms with Crippen molar-refractivity contribution in [2.45, 2.75) is 30.0 Å². The molecule has 0 saturated heterocycles. The molecule has 0 aromatic carbocycles. The summed E-state index contributed by atoms with van der Waals surface area (Å²) in [5.74, 6) is -1.51. The number of esters is 1. The van der Waals surface area contributed by atoms with Gasteiger partial charge >= 0.3 is 12.1 Å². The number of hydrogen-bond acceptors (Lipinski definition) is 5. The van der Waals surface area contributed by atoms with E-state index < -0.39 is 21.8 Å². The summed E-state index contributed by atoms with van der Waals surface area (Å²) in [6.07, 6.45) is 0.374. The van der Waals surface area contributed by atoms with Crippen LogP contribution in [0.3, 0.4) is 0 Å². The highest BCUT2D eigenvalue weighted by molar-refractivity contribution is 6.76. The fourth-order valence-corrected chi connectivity index (χ4v) is 1.71. The number of allylic oxidation sites excluding steroid dienone is 1. The quantitative estimate of drug-likeness (QED) is 0.628. The second kappa shape index (κ2) is 7.15. The van der Waals surface area contributed by atoms with Gasteiger partial charge in [0.15, 0.2) is 0 Å². The normalized spacial score (nSPS) is 15.0. The molecule has 2 amide bonds. The second-order valence-corrected chi connectivity index (χ2v) is 6.10. The van der Waals surface area contributed by atoms with Crippen LogP contribution in [0.25, 0.3) is 0 Å². The smallest absolute Gasteiger partial charge is 0.419 e. The van der Waals surface area contributed by atoms with E-state index in [1.165, 1.54) is 0 Å². The molecule has 1 aliphatic rings. The number of nitrogens with one attached hydrogen (secondary N) is 1. The highest BCUT2D eigenvalue weighted by Gasteiger charge is 2.33. The molecule has 6 nitrogen and oxygen atoms in total. The molecule has 1 rings (SSSR count). The molecule has 1 aliphatic carbocycles. The van der Waals surface area contributed by atoms with E-state index in [2.05, 4.69) is 0 Å². The standard InChI is InChI=1S/C11H12Cl3NO5/c1-2-19-8(16)6-4-3-5-7(6)20-10(18)15-9(17)11(12,13)14/h2-5H2,1H3,(H,15,17,18). The maximum atomic E-state index is 11.6. The minimum absolute atomic E-state index is 0.165. The van der Waals surface area contributed by atoms with Crippen molar-refractivity contribution in [3.8, 4) is 0 Å². The summed E-state index contributed by atoms with van der Waals surface area (Å²) in [5, 5.41) is 1.76. The molecule has 0 aliphatic heterocycles. The lowest BCUT2D eigenvalue weighted by Crippen LogP contribution is -2.39. The van der Waals surface area contributed by atoms with E-state index in [9.17, 15) is 14.4 Å². The third-order valence-electron chi connectivity index (χ3n) is 2.38. The Kier molecular flexibility index (Phi) is 6.10. The molecule has 0 fully saturated rings. The molecule has 0 spiro atoms. The lowest BCUT2D eigenvalue weighted by atomic mass is 10.2. The molecule has 0 radical (unpaired) electrons. The Balaban J connectivity index is 2.67. The first kappa shape index (κ1) is 17.1. The third-order valence-corrected chi connectivity index (χ3v) is 2.89. The van der Waals surface area contributed by atoms with E-state index in [4.69, 9.17) is 44.3 Å². The van der Waals surface area contributed by atoms with Gasteiger partial charge in [-0.2, -0.15) is 0 Å². The van der Waals surface area contributed by atoms with Crippen LogP contribution in [-0.4, -0.2) is 28.4 Å². The van der Waals surface area contributed by atoms with Crippen LogP contribution >= 0.6 is 34.8 Å². The summed E-state index contributed by atoms with van der Waals surface area (Å²) in [4.78, 5) is 34.3. The number of rotatable bonds is 3. The highest BCUT2D eigenvalue weighted by Crippen LogP contribution is 2.29. The van der Waals surface area contributed by atoms with Crippen molar-refractivity contribution < 1.29 is 23.9 Å². The van der Waals surface area contributed by atoms with Crippen molar-refractivity contribution >= 4 is 52.8 Å². The van der Waals surface area contributed by atoms with Gasteiger partial charge in [-0.3, -0.25) is 10.1 Å². The first-order valence-corrected chi connectivity index (χ1v) is 6.88. The van der Waals surface area contributed by atoms with E-state index in [-0.39, 0.29) is 17.9 Å². The topological polar surface area (TPSA) is 81.7 Å². The molecule has 1 N–H and O–H groups in total. The average Bonchev–Trinajstić information content (AvgIpc) is 2.75. The molecule has 112 valence electrons. The van der Waals surface area contributed by atoms with Gasteiger partial charge in [-0.1, -0.05) is 34.8 Å². The van der Waals surface area contributed by atoms with Crippen LogP contribution < -0.4 is 5.32 Å². The first-order chi connectivity index (χ1) is 9.25. The van der Waals surface area contributed by atoms with E-state index in [1.54, 1.807) is 12.2 Å². The zero-order valence-electron chi connectivity index (χ0n) is 10.5. The third kappa shape index (κ3) is 4.85. The summed E-state index contributed by atoms with van der Waals surface area (Å²) in [6, 6.07) is 0. The zero-order chi connectivity index (χ0) is 15.3. The molecule has 0 aromatic heterocycles.